The molecule has 0 atom stereocenters. The number of anilines is 1. The second-order valence-corrected chi connectivity index (χ2v) is 6.77. The van der Waals surface area contributed by atoms with Crippen LogP contribution >= 0.6 is 0 Å². The van der Waals surface area contributed by atoms with Crippen molar-refractivity contribution in [1.29, 1.82) is 0 Å². The molecule has 25 heavy (non-hydrogen) atoms. The molecule has 1 fully saturated rings. The van der Waals surface area contributed by atoms with E-state index in [1.165, 1.54) is 6.26 Å². The number of carbonyl (C=O) groups excluding carboxylic acids is 2. The summed E-state index contributed by atoms with van der Waals surface area (Å²) in [7, 11) is 0. The maximum atomic E-state index is 12.6. The molecular weight excluding hydrogens is 316 g/mol. The molecule has 1 aromatic carbocycles. The van der Waals surface area contributed by atoms with Crippen LogP contribution in [0.4, 0.5) is 5.69 Å². The van der Waals surface area contributed by atoms with Gasteiger partial charge in [-0.1, -0.05) is 32.0 Å². The Kier molecular flexibility index (Phi) is 5.22. The minimum atomic E-state index is -0.103. The molecule has 1 N–H and O–H groups in total. The molecule has 132 valence electrons. The van der Waals surface area contributed by atoms with Gasteiger partial charge in [0.1, 0.15) is 0 Å². The van der Waals surface area contributed by atoms with Crippen molar-refractivity contribution in [3.8, 4) is 0 Å². The lowest BCUT2D eigenvalue weighted by Gasteiger charge is -2.31. The number of nitrogens with one attached hydrogen (secondary N) is 1. The van der Waals surface area contributed by atoms with E-state index in [1.54, 1.807) is 17.0 Å². The number of para-hydroxylation sites is 1. The summed E-state index contributed by atoms with van der Waals surface area (Å²) in [5, 5.41) is 3.07. The fraction of sp³-hybridized carbons (Fsp3) is 0.400. The summed E-state index contributed by atoms with van der Waals surface area (Å²) >= 11 is 0. The highest BCUT2D eigenvalue weighted by molar-refractivity contribution is 5.94. The number of carbonyl (C=O) groups is 2. The van der Waals surface area contributed by atoms with Crippen LogP contribution in [-0.4, -0.2) is 29.8 Å². The molecule has 0 aliphatic carbocycles. The zero-order valence-corrected chi connectivity index (χ0v) is 14.7. The molecule has 5 nitrogen and oxygen atoms in total. The van der Waals surface area contributed by atoms with Gasteiger partial charge in [-0.2, -0.15) is 0 Å². The molecule has 5 heteroatoms. The van der Waals surface area contributed by atoms with Gasteiger partial charge in [0, 0.05) is 24.7 Å². The SMILES string of the molecule is CC(C)c1ccccc1NC(=O)C1CCN(C(=O)c2ccco2)CC1. The first kappa shape index (κ1) is 17.3. The second-order valence-electron chi connectivity index (χ2n) is 6.77. The van der Waals surface area contributed by atoms with Crippen molar-refractivity contribution in [2.75, 3.05) is 18.4 Å². The Bertz CT molecular complexity index is 729. The van der Waals surface area contributed by atoms with Crippen LogP contribution in [0.2, 0.25) is 0 Å². The van der Waals surface area contributed by atoms with Gasteiger partial charge >= 0.3 is 0 Å². The van der Waals surface area contributed by atoms with Gasteiger partial charge in [-0.05, 0) is 42.5 Å². The van der Waals surface area contributed by atoms with E-state index in [1.807, 2.05) is 24.3 Å². The predicted octanol–water partition coefficient (Wildman–Crippen LogP) is 3.89. The van der Waals surface area contributed by atoms with Gasteiger partial charge < -0.3 is 14.6 Å². The fourth-order valence-electron chi connectivity index (χ4n) is 3.25. The van der Waals surface area contributed by atoms with Crippen molar-refractivity contribution in [1.82, 2.24) is 4.90 Å². The summed E-state index contributed by atoms with van der Waals surface area (Å²) in [5.74, 6) is 0.575. The van der Waals surface area contributed by atoms with E-state index in [0.717, 1.165) is 11.3 Å². The highest BCUT2D eigenvalue weighted by Gasteiger charge is 2.29. The lowest BCUT2D eigenvalue weighted by molar-refractivity contribution is -0.121. The van der Waals surface area contributed by atoms with E-state index in [4.69, 9.17) is 4.42 Å². The van der Waals surface area contributed by atoms with Gasteiger partial charge in [-0.25, -0.2) is 0 Å². The van der Waals surface area contributed by atoms with Gasteiger partial charge in [0.2, 0.25) is 5.91 Å². The average Bonchev–Trinajstić information content (AvgIpc) is 3.16. The number of hydrogen-bond acceptors (Lipinski definition) is 3. The summed E-state index contributed by atoms with van der Waals surface area (Å²) in [4.78, 5) is 26.6. The van der Waals surface area contributed by atoms with E-state index in [9.17, 15) is 9.59 Å². The van der Waals surface area contributed by atoms with Gasteiger partial charge in [0.15, 0.2) is 5.76 Å². The molecule has 0 unspecified atom stereocenters. The zero-order valence-electron chi connectivity index (χ0n) is 14.7. The molecule has 3 rings (SSSR count). The normalized spacial score (nSPS) is 15.4. The Labute approximate surface area is 148 Å². The quantitative estimate of drug-likeness (QED) is 0.918. The van der Waals surface area contributed by atoms with Gasteiger partial charge in [-0.3, -0.25) is 9.59 Å². The molecule has 0 bridgehead atoms. The summed E-state index contributed by atoms with van der Waals surface area (Å²) in [5.41, 5.74) is 2.03. The van der Waals surface area contributed by atoms with Crippen LogP contribution in [0, 0.1) is 5.92 Å². The first-order valence-corrected chi connectivity index (χ1v) is 8.79. The minimum absolute atomic E-state index is 0.0400. The van der Waals surface area contributed by atoms with E-state index in [0.29, 0.717) is 37.6 Å². The number of benzene rings is 1. The van der Waals surface area contributed by atoms with Crippen LogP contribution < -0.4 is 5.32 Å². The number of hydrogen-bond donors (Lipinski definition) is 1. The van der Waals surface area contributed by atoms with Crippen molar-refractivity contribution in [2.45, 2.75) is 32.6 Å². The third kappa shape index (κ3) is 3.92. The number of rotatable bonds is 4. The van der Waals surface area contributed by atoms with Crippen LogP contribution in [0.25, 0.3) is 0 Å². The van der Waals surface area contributed by atoms with E-state index in [-0.39, 0.29) is 17.7 Å². The number of nitrogens with zero attached hydrogens (tertiary/aromatic N) is 1. The Balaban J connectivity index is 1.58. The highest BCUT2D eigenvalue weighted by Crippen LogP contribution is 2.26. The minimum Gasteiger partial charge on any atom is -0.459 e. The van der Waals surface area contributed by atoms with Crippen molar-refractivity contribution in [3.05, 3.63) is 54.0 Å². The lowest BCUT2D eigenvalue weighted by atomic mass is 9.95. The first-order valence-electron chi connectivity index (χ1n) is 8.79. The number of likely N-dealkylation sites (tertiary alicyclic amines) is 1. The smallest absolute Gasteiger partial charge is 0.289 e. The predicted molar refractivity (Wildman–Crippen MR) is 96.5 cm³/mol. The Hall–Kier alpha value is -2.56. The standard InChI is InChI=1S/C20H24N2O3/c1-14(2)16-6-3-4-7-17(16)21-19(23)15-9-11-22(12-10-15)20(24)18-8-5-13-25-18/h3-8,13-15H,9-12H2,1-2H3,(H,21,23). The van der Waals surface area contributed by atoms with Crippen LogP contribution in [0.15, 0.2) is 47.1 Å². The van der Waals surface area contributed by atoms with Crippen LogP contribution in [0.5, 0.6) is 0 Å². The fourth-order valence-corrected chi connectivity index (χ4v) is 3.25. The van der Waals surface area contributed by atoms with Crippen LogP contribution in [-0.2, 0) is 4.79 Å². The van der Waals surface area contributed by atoms with Gasteiger partial charge in [0.05, 0.1) is 6.26 Å². The number of piperidine rings is 1. The largest absolute Gasteiger partial charge is 0.459 e. The molecule has 1 aliphatic heterocycles. The molecule has 1 aromatic heterocycles. The maximum Gasteiger partial charge on any atom is 0.289 e. The molecule has 2 amide bonds. The summed E-state index contributed by atoms with van der Waals surface area (Å²) in [6.45, 7) is 5.38. The third-order valence-electron chi connectivity index (χ3n) is 4.73. The third-order valence-corrected chi connectivity index (χ3v) is 4.73. The van der Waals surface area contributed by atoms with E-state index < -0.39 is 0 Å². The summed E-state index contributed by atoms with van der Waals surface area (Å²) in [6, 6.07) is 11.3. The molecule has 0 saturated carbocycles. The summed E-state index contributed by atoms with van der Waals surface area (Å²) < 4.78 is 5.17. The molecule has 1 aliphatic rings. The van der Waals surface area contributed by atoms with Crippen LogP contribution in [0.1, 0.15) is 48.7 Å². The second kappa shape index (κ2) is 7.55. The average molecular weight is 340 g/mol. The van der Waals surface area contributed by atoms with E-state index in [2.05, 4.69) is 19.2 Å². The van der Waals surface area contributed by atoms with Gasteiger partial charge in [-0.15, -0.1) is 0 Å². The lowest BCUT2D eigenvalue weighted by Crippen LogP contribution is -2.41. The zero-order chi connectivity index (χ0) is 17.8. The summed E-state index contributed by atoms with van der Waals surface area (Å²) in [6.07, 6.45) is 2.84. The Morgan fingerprint density at radius 3 is 2.48 bits per heavy atom. The topological polar surface area (TPSA) is 62.6 Å². The van der Waals surface area contributed by atoms with Gasteiger partial charge in [0.25, 0.3) is 5.91 Å². The molecule has 2 heterocycles. The van der Waals surface area contributed by atoms with Crippen molar-refractivity contribution in [2.24, 2.45) is 5.92 Å². The molecular formula is C20H24N2O3. The molecule has 2 aromatic rings. The monoisotopic (exact) mass is 340 g/mol. The molecule has 0 spiro atoms. The van der Waals surface area contributed by atoms with Crippen molar-refractivity contribution < 1.29 is 14.0 Å². The number of furan rings is 1. The number of amides is 2. The molecule has 0 radical (unpaired) electrons. The van der Waals surface area contributed by atoms with E-state index >= 15 is 0 Å². The Morgan fingerprint density at radius 2 is 1.84 bits per heavy atom. The van der Waals surface area contributed by atoms with Crippen LogP contribution in [0.3, 0.4) is 0 Å². The van der Waals surface area contributed by atoms with Crippen molar-refractivity contribution in [3.63, 3.8) is 0 Å². The first-order chi connectivity index (χ1) is 12.1. The molecule has 1 saturated heterocycles. The Morgan fingerprint density at radius 1 is 1.12 bits per heavy atom. The maximum absolute atomic E-state index is 12.6. The highest BCUT2D eigenvalue weighted by atomic mass is 16.3. The van der Waals surface area contributed by atoms with Crippen molar-refractivity contribution >= 4 is 17.5 Å².